The summed E-state index contributed by atoms with van der Waals surface area (Å²) in [6, 6.07) is 3.51. The number of halogens is 1. The van der Waals surface area contributed by atoms with Gasteiger partial charge >= 0.3 is 5.97 Å². The number of rotatable bonds is 6. The van der Waals surface area contributed by atoms with E-state index in [0.717, 1.165) is 11.1 Å². The van der Waals surface area contributed by atoms with Crippen LogP contribution in [0.4, 0.5) is 0 Å². The van der Waals surface area contributed by atoms with Crippen molar-refractivity contribution in [3.63, 3.8) is 0 Å². The monoisotopic (exact) mass is 313 g/mol. The largest absolute Gasteiger partial charge is 0.481 e. The highest BCUT2D eigenvalue weighted by Gasteiger charge is 2.17. The minimum absolute atomic E-state index is 0.257. The fourth-order valence-corrected chi connectivity index (χ4v) is 2.19. The maximum atomic E-state index is 11.7. The lowest BCUT2D eigenvalue weighted by molar-refractivity contribution is -0.156. The van der Waals surface area contributed by atoms with Crippen LogP contribution in [-0.2, 0) is 14.3 Å². The Hall–Kier alpha value is -1.75. The molecule has 0 bridgehead atoms. The molecule has 6 heteroatoms. The lowest BCUT2D eigenvalue weighted by atomic mass is 10.1. The molecule has 1 aromatic carbocycles. The Morgan fingerprint density at radius 1 is 1.29 bits per heavy atom. The van der Waals surface area contributed by atoms with Crippen LogP contribution in [0, 0.1) is 13.8 Å². The third-order valence-corrected chi connectivity index (χ3v) is 3.01. The van der Waals surface area contributed by atoms with E-state index in [4.69, 9.17) is 21.1 Å². The Kier molecular flexibility index (Phi) is 6.49. The molecule has 0 aliphatic rings. The number of aryl methyl sites for hydroxylation is 2. The first-order valence-electron chi connectivity index (χ1n) is 6.71. The number of esters is 1. The summed E-state index contributed by atoms with van der Waals surface area (Å²) in [5.41, 5.74) is 1.68. The van der Waals surface area contributed by atoms with Crippen LogP contribution in [0.15, 0.2) is 12.1 Å². The van der Waals surface area contributed by atoms with Crippen LogP contribution in [-0.4, -0.2) is 31.1 Å². The fraction of sp³-hybridized carbons (Fsp3) is 0.467. The molecule has 0 aliphatic heterocycles. The van der Waals surface area contributed by atoms with E-state index in [1.54, 1.807) is 19.1 Å². The molecule has 0 saturated carbocycles. The molecule has 0 radical (unpaired) electrons. The number of ether oxygens (including phenoxy) is 2. The van der Waals surface area contributed by atoms with Crippen molar-refractivity contribution in [2.75, 3.05) is 13.2 Å². The van der Waals surface area contributed by atoms with Crippen LogP contribution in [0.3, 0.4) is 0 Å². The Labute approximate surface area is 129 Å². The molecule has 0 saturated heterocycles. The molecule has 0 unspecified atom stereocenters. The minimum atomic E-state index is -0.839. The molecule has 0 aromatic heterocycles. The first-order valence-corrected chi connectivity index (χ1v) is 7.09. The van der Waals surface area contributed by atoms with E-state index in [2.05, 4.69) is 5.32 Å². The number of amides is 1. The van der Waals surface area contributed by atoms with E-state index >= 15 is 0 Å². The summed E-state index contributed by atoms with van der Waals surface area (Å²) in [7, 11) is 0. The third-order valence-electron chi connectivity index (χ3n) is 2.79. The quantitative estimate of drug-likeness (QED) is 0.819. The molecule has 0 spiro atoms. The second-order valence-electron chi connectivity index (χ2n) is 4.68. The van der Waals surface area contributed by atoms with E-state index in [0.29, 0.717) is 17.3 Å². The normalized spacial score (nSPS) is 11.7. The zero-order chi connectivity index (χ0) is 16.0. The van der Waals surface area contributed by atoms with Gasteiger partial charge in [-0.25, -0.2) is 4.79 Å². The predicted molar refractivity (Wildman–Crippen MR) is 80.7 cm³/mol. The standard InChI is InChI=1S/C15H20ClNO4/c1-5-17-15(19)11(4)21-13(18)8-20-14-9(2)6-12(16)7-10(14)3/h6-7,11H,5,8H2,1-4H3,(H,17,19)/t11-/m0/s1. The second kappa shape index (κ2) is 7.88. The van der Waals surface area contributed by atoms with E-state index < -0.39 is 12.1 Å². The van der Waals surface area contributed by atoms with Gasteiger partial charge in [0, 0.05) is 11.6 Å². The van der Waals surface area contributed by atoms with Gasteiger partial charge in [-0.2, -0.15) is 0 Å². The summed E-state index contributed by atoms with van der Waals surface area (Å²) in [4.78, 5) is 23.1. The third kappa shape index (κ3) is 5.27. The number of benzene rings is 1. The van der Waals surface area contributed by atoms with Crippen molar-refractivity contribution < 1.29 is 19.1 Å². The van der Waals surface area contributed by atoms with Crippen molar-refractivity contribution in [1.82, 2.24) is 5.32 Å². The van der Waals surface area contributed by atoms with E-state index in [9.17, 15) is 9.59 Å². The van der Waals surface area contributed by atoms with E-state index in [-0.39, 0.29) is 12.5 Å². The van der Waals surface area contributed by atoms with Gasteiger partial charge in [-0.05, 0) is 51.0 Å². The predicted octanol–water partition coefficient (Wildman–Crippen LogP) is 2.40. The smallest absolute Gasteiger partial charge is 0.344 e. The first kappa shape index (κ1) is 17.3. The zero-order valence-corrected chi connectivity index (χ0v) is 13.4. The number of nitrogens with one attached hydrogen (secondary N) is 1. The van der Waals surface area contributed by atoms with Gasteiger partial charge in [-0.3, -0.25) is 4.79 Å². The van der Waals surface area contributed by atoms with Gasteiger partial charge in [0.1, 0.15) is 5.75 Å². The van der Waals surface area contributed by atoms with E-state index in [1.807, 2.05) is 13.8 Å². The minimum Gasteiger partial charge on any atom is -0.481 e. The molecule has 1 atom stereocenters. The maximum absolute atomic E-state index is 11.7. The number of likely N-dealkylation sites (N-methyl/N-ethyl adjacent to an activating group) is 1. The second-order valence-corrected chi connectivity index (χ2v) is 5.12. The van der Waals surface area contributed by atoms with Crippen molar-refractivity contribution in [2.24, 2.45) is 0 Å². The number of hydrogen-bond donors (Lipinski definition) is 1. The van der Waals surface area contributed by atoms with Crippen molar-refractivity contribution in [2.45, 2.75) is 33.8 Å². The lowest BCUT2D eigenvalue weighted by Gasteiger charge is -2.15. The molecule has 0 fully saturated rings. The number of carbonyl (C=O) groups excluding carboxylic acids is 2. The Morgan fingerprint density at radius 2 is 1.86 bits per heavy atom. The van der Waals surface area contributed by atoms with Gasteiger partial charge in [-0.1, -0.05) is 11.6 Å². The Balaban J connectivity index is 2.56. The van der Waals surface area contributed by atoms with Crippen molar-refractivity contribution >= 4 is 23.5 Å². The van der Waals surface area contributed by atoms with Gasteiger partial charge in [0.05, 0.1) is 0 Å². The maximum Gasteiger partial charge on any atom is 0.344 e. The molecule has 1 aromatic rings. The Morgan fingerprint density at radius 3 is 2.38 bits per heavy atom. The summed E-state index contributed by atoms with van der Waals surface area (Å²) in [5.74, 6) is -0.325. The van der Waals surface area contributed by atoms with Crippen LogP contribution in [0.5, 0.6) is 5.75 Å². The Bertz CT molecular complexity index is 507. The van der Waals surface area contributed by atoms with E-state index in [1.165, 1.54) is 6.92 Å². The first-order chi connectivity index (χ1) is 9.85. The molecule has 0 heterocycles. The van der Waals surface area contributed by atoms with Crippen molar-refractivity contribution in [3.8, 4) is 5.75 Å². The fourth-order valence-electron chi connectivity index (χ4n) is 1.86. The lowest BCUT2D eigenvalue weighted by Crippen LogP contribution is -2.36. The van der Waals surface area contributed by atoms with Gasteiger partial charge in [-0.15, -0.1) is 0 Å². The van der Waals surface area contributed by atoms with Crippen LogP contribution >= 0.6 is 11.6 Å². The molecular weight excluding hydrogens is 294 g/mol. The molecule has 116 valence electrons. The van der Waals surface area contributed by atoms with Crippen LogP contribution < -0.4 is 10.1 Å². The average molecular weight is 314 g/mol. The van der Waals surface area contributed by atoms with Gasteiger partial charge < -0.3 is 14.8 Å². The average Bonchev–Trinajstić information content (AvgIpc) is 2.37. The molecule has 1 amide bonds. The molecule has 5 nitrogen and oxygen atoms in total. The highest BCUT2D eigenvalue weighted by molar-refractivity contribution is 6.30. The van der Waals surface area contributed by atoms with Crippen LogP contribution in [0.1, 0.15) is 25.0 Å². The van der Waals surface area contributed by atoms with Gasteiger partial charge in [0.25, 0.3) is 5.91 Å². The summed E-state index contributed by atoms with van der Waals surface area (Å²) < 4.78 is 10.4. The highest BCUT2D eigenvalue weighted by Crippen LogP contribution is 2.26. The van der Waals surface area contributed by atoms with Crippen LogP contribution in [0.2, 0.25) is 5.02 Å². The van der Waals surface area contributed by atoms with Gasteiger partial charge in [0.15, 0.2) is 12.7 Å². The SMILES string of the molecule is CCNC(=O)[C@H](C)OC(=O)COc1c(C)cc(Cl)cc1C. The topological polar surface area (TPSA) is 64.6 Å². The number of carbonyl (C=O) groups is 2. The van der Waals surface area contributed by atoms with Crippen molar-refractivity contribution in [1.29, 1.82) is 0 Å². The summed E-state index contributed by atoms with van der Waals surface area (Å²) in [6.45, 7) is 7.23. The molecule has 1 rings (SSSR count). The summed E-state index contributed by atoms with van der Waals surface area (Å²) >= 11 is 5.93. The molecular formula is C15H20ClNO4. The number of hydrogen-bond acceptors (Lipinski definition) is 4. The molecule has 0 aliphatic carbocycles. The van der Waals surface area contributed by atoms with Crippen molar-refractivity contribution in [3.05, 3.63) is 28.3 Å². The molecule has 21 heavy (non-hydrogen) atoms. The van der Waals surface area contributed by atoms with Crippen LogP contribution in [0.25, 0.3) is 0 Å². The summed E-state index contributed by atoms with van der Waals surface area (Å²) in [6.07, 6.45) is -0.839. The molecule has 1 N–H and O–H groups in total. The summed E-state index contributed by atoms with van der Waals surface area (Å²) in [5, 5.41) is 3.19. The van der Waals surface area contributed by atoms with Gasteiger partial charge in [0.2, 0.25) is 0 Å². The highest BCUT2D eigenvalue weighted by atomic mass is 35.5. The zero-order valence-electron chi connectivity index (χ0n) is 12.7.